The molecule has 2 heterocycles. The average molecular weight is 536 g/mol. The molecular weight excluding hydrogens is 497 g/mol. The van der Waals surface area contributed by atoms with Crippen molar-refractivity contribution in [1.82, 2.24) is 20.4 Å². The van der Waals surface area contributed by atoms with E-state index in [2.05, 4.69) is 57.0 Å². The number of aliphatic imine (C=N–C) groups is 1. The summed E-state index contributed by atoms with van der Waals surface area (Å²) in [5.41, 5.74) is 0.244. The Kier molecular flexibility index (Phi) is 10.7. The van der Waals surface area contributed by atoms with Crippen LogP contribution in [0.5, 0.6) is 0 Å². The molecular formula is C21H38IN5OS. The summed E-state index contributed by atoms with van der Waals surface area (Å²) in [4.78, 5) is 10.8. The molecule has 2 fully saturated rings. The molecule has 6 nitrogen and oxygen atoms in total. The van der Waals surface area contributed by atoms with E-state index in [1.165, 1.54) is 37.0 Å². The predicted molar refractivity (Wildman–Crippen MR) is 134 cm³/mol. The first kappa shape index (κ1) is 24.8. The van der Waals surface area contributed by atoms with E-state index in [1.54, 1.807) is 0 Å². The van der Waals surface area contributed by atoms with Gasteiger partial charge in [0.15, 0.2) is 5.96 Å². The average Bonchev–Trinajstić information content (AvgIpc) is 3.26. The monoisotopic (exact) mass is 535 g/mol. The third kappa shape index (κ3) is 6.78. The SMILES string of the molecule is CN=C(NCC(c1cccs1)N(C)C)NCC1(N2CCOCC2)CCCCC1.I. The fourth-order valence-corrected chi connectivity index (χ4v) is 5.46. The highest BCUT2D eigenvalue weighted by Gasteiger charge is 2.38. The zero-order valence-electron chi connectivity index (χ0n) is 18.2. The van der Waals surface area contributed by atoms with Crippen LogP contribution in [0.2, 0.25) is 0 Å². The zero-order valence-corrected chi connectivity index (χ0v) is 21.3. The van der Waals surface area contributed by atoms with Gasteiger partial charge in [0.25, 0.3) is 0 Å². The smallest absolute Gasteiger partial charge is 0.191 e. The van der Waals surface area contributed by atoms with E-state index < -0.39 is 0 Å². The maximum absolute atomic E-state index is 5.60. The molecule has 1 saturated carbocycles. The Morgan fingerprint density at radius 1 is 1.24 bits per heavy atom. The van der Waals surface area contributed by atoms with Gasteiger partial charge in [-0.3, -0.25) is 9.89 Å². The minimum Gasteiger partial charge on any atom is -0.379 e. The second kappa shape index (κ2) is 12.4. The summed E-state index contributed by atoms with van der Waals surface area (Å²) in [6.07, 6.45) is 6.56. The summed E-state index contributed by atoms with van der Waals surface area (Å²) < 4.78 is 5.60. The van der Waals surface area contributed by atoms with Crippen molar-refractivity contribution in [3.63, 3.8) is 0 Å². The van der Waals surface area contributed by atoms with Gasteiger partial charge in [-0.25, -0.2) is 0 Å². The van der Waals surface area contributed by atoms with E-state index in [9.17, 15) is 0 Å². The minimum atomic E-state index is 0. The molecule has 0 radical (unpaired) electrons. The van der Waals surface area contributed by atoms with Crippen molar-refractivity contribution in [2.45, 2.75) is 43.7 Å². The summed E-state index contributed by atoms with van der Waals surface area (Å²) in [6, 6.07) is 4.68. The maximum atomic E-state index is 5.60. The molecule has 2 N–H and O–H groups in total. The predicted octanol–water partition coefficient (Wildman–Crippen LogP) is 3.17. The topological polar surface area (TPSA) is 52.1 Å². The molecule has 0 bridgehead atoms. The number of thiophene rings is 1. The summed E-state index contributed by atoms with van der Waals surface area (Å²) in [5, 5.41) is 9.36. The first-order valence-corrected chi connectivity index (χ1v) is 11.5. The number of nitrogens with zero attached hydrogens (tertiary/aromatic N) is 3. The van der Waals surface area contributed by atoms with Gasteiger partial charge in [-0.05, 0) is 38.4 Å². The number of hydrogen-bond donors (Lipinski definition) is 2. The number of nitrogens with one attached hydrogen (secondary N) is 2. The lowest BCUT2D eigenvalue weighted by Crippen LogP contribution is -2.60. The molecule has 1 saturated heterocycles. The van der Waals surface area contributed by atoms with Crippen LogP contribution in [0.15, 0.2) is 22.5 Å². The second-order valence-electron chi connectivity index (χ2n) is 8.19. The quantitative estimate of drug-likeness (QED) is 0.319. The van der Waals surface area contributed by atoms with Gasteiger partial charge >= 0.3 is 0 Å². The van der Waals surface area contributed by atoms with Gasteiger partial charge in [-0.2, -0.15) is 0 Å². The molecule has 1 atom stereocenters. The first-order valence-electron chi connectivity index (χ1n) is 10.6. The van der Waals surface area contributed by atoms with Crippen molar-refractivity contribution in [3.05, 3.63) is 22.4 Å². The molecule has 3 rings (SSSR count). The van der Waals surface area contributed by atoms with Gasteiger partial charge in [-0.15, -0.1) is 35.3 Å². The summed E-state index contributed by atoms with van der Waals surface area (Å²) >= 11 is 1.81. The number of halogens is 1. The van der Waals surface area contributed by atoms with Crippen LogP contribution in [0.25, 0.3) is 0 Å². The molecule has 0 aromatic carbocycles. The van der Waals surface area contributed by atoms with Crippen LogP contribution in [-0.4, -0.2) is 81.8 Å². The number of rotatable bonds is 7. The van der Waals surface area contributed by atoms with Crippen molar-refractivity contribution in [2.24, 2.45) is 4.99 Å². The van der Waals surface area contributed by atoms with Crippen molar-refractivity contribution in [2.75, 3.05) is 60.5 Å². The minimum absolute atomic E-state index is 0. The lowest BCUT2D eigenvalue weighted by atomic mass is 9.80. The van der Waals surface area contributed by atoms with Crippen molar-refractivity contribution in [3.8, 4) is 0 Å². The van der Waals surface area contributed by atoms with E-state index in [1.807, 2.05) is 18.4 Å². The second-order valence-corrected chi connectivity index (χ2v) is 9.17. The van der Waals surface area contributed by atoms with E-state index in [-0.39, 0.29) is 29.5 Å². The Balaban J connectivity index is 0.00000300. The molecule has 1 aromatic rings. The Bertz CT molecular complexity index is 598. The number of likely N-dealkylation sites (N-methyl/N-ethyl adjacent to an activating group) is 1. The van der Waals surface area contributed by atoms with Crippen LogP contribution in [0.1, 0.15) is 43.0 Å². The third-order valence-corrected chi connectivity index (χ3v) is 7.21. The number of morpholine rings is 1. The lowest BCUT2D eigenvalue weighted by Gasteiger charge is -2.48. The third-order valence-electron chi connectivity index (χ3n) is 6.23. The molecule has 8 heteroatoms. The van der Waals surface area contributed by atoms with Gasteiger partial charge < -0.3 is 20.3 Å². The highest BCUT2D eigenvalue weighted by Crippen LogP contribution is 2.33. The van der Waals surface area contributed by atoms with Crippen LogP contribution >= 0.6 is 35.3 Å². The van der Waals surface area contributed by atoms with E-state index in [0.29, 0.717) is 6.04 Å². The highest BCUT2D eigenvalue weighted by molar-refractivity contribution is 14.0. The highest BCUT2D eigenvalue weighted by atomic mass is 127. The van der Waals surface area contributed by atoms with Gasteiger partial charge in [0, 0.05) is 43.6 Å². The number of hydrogen-bond acceptors (Lipinski definition) is 5. The number of ether oxygens (including phenoxy) is 1. The Labute approximate surface area is 197 Å². The zero-order chi connectivity index (χ0) is 19.8. The molecule has 1 aliphatic carbocycles. The van der Waals surface area contributed by atoms with Gasteiger partial charge in [-0.1, -0.05) is 25.3 Å². The van der Waals surface area contributed by atoms with Crippen molar-refractivity contribution >= 4 is 41.3 Å². The first-order chi connectivity index (χ1) is 13.6. The molecule has 2 aliphatic rings. The van der Waals surface area contributed by atoms with Crippen LogP contribution in [-0.2, 0) is 4.74 Å². The summed E-state index contributed by atoms with van der Waals surface area (Å²) in [5.74, 6) is 0.904. The molecule has 1 unspecified atom stereocenters. The largest absolute Gasteiger partial charge is 0.379 e. The van der Waals surface area contributed by atoms with Crippen LogP contribution in [0, 0.1) is 0 Å². The molecule has 166 valence electrons. The fraction of sp³-hybridized carbons (Fsp3) is 0.762. The van der Waals surface area contributed by atoms with E-state index >= 15 is 0 Å². The molecule has 0 spiro atoms. The Hall–Kier alpha value is -0.420. The molecule has 1 aliphatic heterocycles. The van der Waals surface area contributed by atoms with Gasteiger partial charge in [0.2, 0.25) is 0 Å². The molecule has 0 amide bonds. The fourth-order valence-electron chi connectivity index (χ4n) is 4.53. The van der Waals surface area contributed by atoms with Gasteiger partial charge in [0.05, 0.1) is 19.3 Å². The lowest BCUT2D eigenvalue weighted by molar-refractivity contribution is -0.0352. The van der Waals surface area contributed by atoms with Crippen molar-refractivity contribution < 1.29 is 4.74 Å². The molecule has 29 heavy (non-hydrogen) atoms. The standard InChI is InChI=1S/C21H37N5OS.HI/c1-22-20(23-16-18(25(2)3)19-8-7-15-28-19)24-17-21(9-5-4-6-10-21)26-11-13-27-14-12-26;/h7-8,15,18H,4-6,9-14,16-17H2,1-3H3,(H2,22,23,24);1H. The van der Waals surface area contributed by atoms with Gasteiger partial charge in [0.1, 0.15) is 0 Å². The summed E-state index contributed by atoms with van der Waals surface area (Å²) in [6.45, 7) is 5.62. The van der Waals surface area contributed by atoms with E-state index in [0.717, 1.165) is 45.4 Å². The van der Waals surface area contributed by atoms with Crippen molar-refractivity contribution in [1.29, 1.82) is 0 Å². The Morgan fingerprint density at radius 3 is 2.55 bits per heavy atom. The molecule has 1 aromatic heterocycles. The summed E-state index contributed by atoms with van der Waals surface area (Å²) in [7, 11) is 6.14. The number of guanidine groups is 1. The normalized spacial score (nSPS) is 21.4. The maximum Gasteiger partial charge on any atom is 0.191 e. The van der Waals surface area contributed by atoms with Crippen LogP contribution in [0.3, 0.4) is 0 Å². The van der Waals surface area contributed by atoms with Crippen LogP contribution in [0.4, 0.5) is 0 Å². The van der Waals surface area contributed by atoms with Crippen LogP contribution < -0.4 is 10.6 Å². The Morgan fingerprint density at radius 2 is 1.97 bits per heavy atom. The van der Waals surface area contributed by atoms with E-state index in [4.69, 9.17) is 4.74 Å².